The van der Waals surface area contributed by atoms with E-state index in [1.165, 1.54) is 4.70 Å². The lowest BCUT2D eigenvalue weighted by Crippen LogP contribution is -2.36. The van der Waals surface area contributed by atoms with E-state index >= 15 is 0 Å². The lowest BCUT2D eigenvalue weighted by Gasteiger charge is -2.29. The number of amides is 1. The number of hydrogen-bond acceptors (Lipinski definition) is 6. The van der Waals surface area contributed by atoms with Gasteiger partial charge in [0.25, 0.3) is 0 Å². The SMILES string of the molecule is C[C@@H](c1nc2ccccc2s1)N(C)CC(=O)Nc1ccc(N2CCOCC2)cc1. The molecule has 2 heterocycles. The highest BCUT2D eigenvalue weighted by atomic mass is 32.1. The number of anilines is 2. The van der Waals surface area contributed by atoms with Crippen molar-refractivity contribution in [2.24, 2.45) is 0 Å². The van der Waals surface area contributed by atoms with Crippen molar-refractivity contribution >= 4 is 38.8 Å². The molecule has 7 heteroatoms. The van der Waals surface area contributed by atoms with Gasteiger partial charge in [0, 0.05) is 24.5 Å². The van der Waals surface area contributed by atoms with Gasteiger partial charge in [-0.25, -0.2) is 4.98 Å². The highest BCUT2D eigenvalue weighted by Gasteiger charge is 2.19. The molecule has 3 aromatic rings. The van der Waals surface area contributed by atoms with Crippen LogP contribution in [0.2, 0.25) is 0 Å². The number of nitrogens with one attached hydrogen (secondary N) is 1. The fraction of sp³-hybridized carbons (Fsp3) is 0.364. The molecule has 29 heavy (non-hydrogen) atoms. The summed E-state index contributed by atoms with van der Waals surface area (Å²) >= 11 is 1.68. The predicted octanol–water partition coefficient (Wildman–Crippen LogP) is 3.76. The summed E-state index contributed by atoms with van der Waals surface area (Å²) in [5.41, 5.74) is 2.98. The lowest BCUT2D eigenvalue weighted by molar-refractivity contribution is -0.117. The van der Waals surface area contributed by atoms with Crippen molar-refractivity contribution in [2.45, 2.75) is 13.0 Å². The standard InChI is InChI=1S/C22H26N4O2S/c1-16(22-24-19-5-3-4-6-20(19)29-22)25(2)15-21(27)23-17-7-9-18(10-8-17)26-11-13-28-14-12-26/h3-10,16H,11-15H2,1-2H3,(H,23,27)/t16-/m0/s1. The van der Waals surface area contributed by atoms with Crippen LogP contribution in [0.5, 0.6) is 0 Å². The Kier molecular flexibility index (Phi) is 6.08. The van der Waals surface area contributed by atoms with Crippen molar-refractivity contribution in [1.29, 1.82) is 0 Å². The zero-order valence-electron chi connectivity index (χ0n) is 16.8. The number of carbonyl (C=O) groups excluding carboxylic acids is 1. The van der Waals surface area contributed by atoms with Crippen LogP contribution >= 0.6 is 11.3 Å². The molecule has 1 aliphatic rings. The van der Waals surface area contributed by atoms with E-state index in [0.717, 1.165) is 48.2 Å². The summed E-state index contributed by atoms with van der Waals surface area (Å²) in [6, 6.07) is 16.2. The molecule has 1 aliphatic heterocycles. The normalized spacial score (nSPS) is 15.6. The third-order valence-electron chi connectivity index (χ3n) is 5.25. The maximum atomic E-state index is 12.5. The molecule has 1 N–H and O–H groups in total. The monoisotopic (exact) mass is 410 g/mol. The first-order valence-electron chi connectivity index (χ1n) is 9.88. The van der Waals surface area contributed by atoms with Crippen LogP contribution in [0.15, 0.2) is 48.5 Å². The van der Waals surface area contributed by atoms with Gasteiger partial charge < -0.3 is 15.0 Å². The third kappa shape index (κ3) is 4.75. The third-order valence-corrected chi connectivity index (χ3v) is 6.46. The van der Waals surface area contributed by atoms with Gasteiger partial charge in [-0.1, -0.05) is 12.1 Å². The number of hydrogen-bond donors (Lipinski definition) is 1. The van der Waals surface area contributed by atoms with Gasteiger partial charge in [0.1, 0.15) is 5.01 Å². The van der Waals surface area contributed by atoms with Gasteiger partial charge in [0.05, 0.1) is 36.0 Å². The average Bonchev–Trinajstić information content (AvgIpc) is 3.18. The number of aromatic nitrogens is 1. The summed E-state index contributed by atoms with van der Waals surface area (Å²) in [4.78, 5) is 21.5. The number of para-hydroxylation sites is 1. The van der Waals surface area contributed by atoms with Gasteiger partial charge in [-0.05, 0) is 50.4 Å². The molecule has 0 bridgehead atoms. The van der Waals surface area contributed by atoms with Crippen molar-refractivity contribution in [2.75, 3.05) is 50.1 Å². The van der Waals surface area contributed by atoms with Crippen LogP contribution in [0.25, 0.3) is 10.2 Å². The molecule has 1 saturated heterocycles. The molecule has 0 radical (unpaired) electrons. The smallest absolute Gasteiger partial charge is 0.238 e. The van der Waals surface area contributed by atoms with Gasteiger partial charge in [0.2, 0.25) is 5.91 Å². The Labute approximate surface area is 175 Å². The van der Waals surface area contributed by atoms with Crippen molar-refractivity contribution in [3.05, 3.63) is 53.5 Å². The van der Waals surface area contributed by atoms with Gasteiger partial charge in [-0.3, -0.25) is 9.69 Å². The number of thiazole rings is 1. The fourth-order valence-corrected chi connectivity index (χ4v) is 4.48. The predicted molar refractivity (Wildman–Crippen MR) is 119 cm³/mol. The Hall–Kier alpha value is -2.48. The van der Waals surface area contributed by atoms with Crippen molar-refractivity contribution in [3.63, 3.8) is 0 Å². The second kappa shape index (κ2) is 8.90. The zero-order valence-corrected chi connectivity index (χ0v) is 17.6. The van der Waals surface area contributed by atoms with E-state index in [1.807, 2.05) is 54.4 Å². The topological polar surface area (TPSA) is 57.7 Å². The minimum atomic E-state index is -0.0282. The first kappa shape index (κ1) is 19.8. The quantitative estimate of drug-likeness (QED) is 0.670. The van der Waals surface area contributed by atoms with E-state index in [9.17, 15) is 4.79 Å². The molecule has 1 amide bonds. The van der Waals surface area contributed by atoms with Crippen molar-refractivity contribution < 1.29 is 9.53 Å². The number of carbonyl (C=O) groups is 1. The van der Waals surface area contributed by atoms with E-state index in [2.05, 4.69) is 23.2 Å². The van der Waals surface area contributed by atoms with E-state index in [-0.39, 0.29) is 11.9 Å². The highest BCUT2D eigenvalue weighted by Crippen LogP contribution is 2.28. The molecular formula is C22H26N4O2S. The number of benzene rings is 2. The maximum absolute atomic E-state index is 12.5. The van der Waals surface area contributed by atoms with Gasteiger partial charge in [-0.2, -0.15) is 0 Å². The number of morpholine rings is 1. The Morgan fingerprint density at radius 2 is 1.93 bits per heavy atom. The first-order valence-corrected chi connectivity index (χ1v) is 10.7. The van der Waals surface area contributed by atoms with E-state index < -0.39 is 0 Å². The second-order valence-corrected chi connectivity index (χ2v) is 8.37. The van der Waals surface area contributed by atoms with E-state index in [4.69, 9.17) is 9.72 Å². The Morgan fingerprint density at radius 3 is 2.66 bits per heavy atom. The molecule has 2 aromatic carbocycles. The number of likely N-dealkylation sites (N-methyl/N-ethyl adjacent to an activating group) is 1. The minimum Gasteiger partial charge on any atom is -0.378 e. The van der Waals surface area contributed by atoms with Gasteiger partial charge in [0.15, 0.2) is 0 Å². The highest BCUT2D eigenvalue weighted by molar-refractivity contribution is 7.18. The van der Waals surface area contributed by atoms with Crippen LogP contribution in [-0.4, -0.2) is 55.7 Å². The summed E-state index contributed by atoms with van der Waals surface area (Å²) in [6.07, 6.45) is 0. The largest absolute Gasteiger partial charge is 0.378 e. The van der Waals surface area contributed by atoms with Crippen LogP contribution in [0.3, 0.4) is 0 Å². The Morgan fingerprint density at radius 1 is 1.21 bits per heavy atom. The summed E-state index contributed by atoms with van der Waals surface area (Å²) in [5.74, 6) is -0.0282. The lowest BCUT2D eigenvalue weighted by atomic mass is 10.2. The second-order valence-electron chi connectivity index (χ2n) is 7.31. The number of nitrogens with zero attached hydrogens (tertiary/aromatic N) is 3. The van der Waals surface area contributed by atoms with Gasteiger partial charge >= 0.3 is 0 Å². The summed E-state index contributed by atoms with van der Waals surface area (Å²) < 4.78 is 6.57. The molecule has 1 fully saturated rings. The van der Waals surface area contributed by atoms with Crippen LogP contribution in [0.4, 0.5) is 11.4 Å². The molecule has 0 unspecified atom stereocenters. The molecule has 4 rings (SSSR count). The van der Waals surface area contributed by atoms with Crippen LogP contribution < -0.4 is 10.2 Å². The molecular weight excluding hydrogens is 384 g/mol. The Bertz CT molecular complexity index is 933. The molecule has 1 atom stereocenters. The summed E-state index contributed by atoms with van der Waals surface area (Å²) in [7, 11) is 1.96. The number of rotatable bonds is 6. The molecule has 0 saturated carbocycles. The Balaban J connectivity index is 1.33. The van der Waals surface area contributed by atoms with Crippen LogP contribution in [-0.2, 0) is 9.53 Å². The molecule has 1 aromatic heterocycles. The minimum absolute atomic E-state index is 0.0282. The van der Waals surface area contributed by atoms with E-state index in [1.54, 1.807) is 11.3 Å². The number of ether oxygens (including phenoxy) is 1. The zero-order chi connectivity index (χ0) is 20.2. The van der Waals surface area contributed by atoms with Crippen LogP contribution in [0, 0.1) is 0 Å². The summed E-state index contributed by atoms with van der Waals surface area (Å²) in [5, 5.41) is 4.02. The average molecular weight is 411 g/mol. The van der Waals surface area contributed by atoms with Crippen molar-refractivity contribution in [3.8, 4) is 0 Å². The van der Waals surface area contributed by atoms with Crippen molar-refractivity contribution in [1.82, 2.24) is 9.88 Å². The molecule has 152 valence electrons. The van der Waals surface area contributed by atoms with Gasteiger partial charge in [-0.15, -0.1) is 11.3 Å². The first-order chi connectivity index (χ1) is 14.1. The molecule has 0 spiro atoms. The summed E-state index contributed by atoms with van der Waals surface area (Å²) in [6.45, 7) is 5.72. The van der Waals surface area contributed by atoms with E-state index in [0.29, 0.717) is 6.54 Å². The maximum Gasteiger partial charge on any atom is 0.238 e. The molecule has 6 nitrogen and oxygen atoms in total. The number of fused-ring (bicyclic) bond motifs is 1. The van der Waals surface area contributed by atoms with Crippen LogP contribution in [0.1, 0.15) is 18.0 Å². The molecule has 0 aliphatic carbocycles. The fourth-order valence-electron chi connectivity index (χ4n) is 3.40.